The second kappa shape index (κ2) is 6.38. The molecule has 0 spiro atoms. The molecule has 1 rings (SSSR count). The molecule has 1 heterocycles. The summed E-state index contributed by atoms with van der Waals surface area (Å²) in [5, 5.41) is 12.6. The molecule has 3 atom stereocenters. The topological polar surface area (TPSA) is 41.5 Å². The molecular weight excluding hydrogens is 178 g/mol. The Labute approximate surface area is 86.8 Å². The van der Waals surface area contributed by atoms with Gasteiger partial charge >= 0.3 is 0 Å². The first-order valence-corrected chi connectivity index (χ1v) is 5.69. The van der Waals surface area contributed by atoms with E-state index in [1.54, 1.807) is 0 Å². The lowest BCUT2D eigenvalue weighted by molar-refractivity contribution is 0.174. The van der Waals surface area contributed by atoms with Gasteiger partial charge in [-0.05, 0) is 18.3 Å². The van der Waals surface area contributed by atoms with Crippen LogP contribution >= 0.6 is 0 Å². The Bertz CT molecular complexity index is 146. The summed E-state index contributed by atoms with van der Waals surface area (Å²) < 4.78 is 5.31. The lowest BCUT2D eigenvalue weighted by Gasteiger charge is -2.23. The first-order valence-electron chi connectivity index (χ1n) is 5.69. The Balaban J connectivity index is 2.19. The average Bonchev–Trinajstić information content (AvgIpc) is 2.71. The quantitative estimate of drug-likeness (QED) is 0.674. The van der Waals surface area contributed by atoms with E-state index < -0.39 is 0 Å². The molecule has 0 aromatic carbocycles. The normalized spacial score (nSPS) is 26.4. The Morgan fingerprint density at radius 3 is 2.86 bits per heavy atom. The standard InChI is InChI=1S/C11H23NO2/c1-3-9(2)11(7-13)12-6-10-4-5-14-8-10/h9-13H,3-8H2,1-2H3. The molecule has 3 nitrogen and oxygen atoms in total. The summed E-state index contributed by atoms with van der Waals surface area (Å²) in [4.78, 5) is 0. The third-order valence-electron chi connectivity index (χ3n) is 3.22. The molecule has 0 bridgehead atoms. The molecule has 14 heavy (non-hydrogen) atoms. The summed E-state index contributed by atoms with van der Waals surface area (Å²) in [6.07, 6.45) is 2.27. The van der Waals surface area contributed by atoms with Crippen LogP contribution in [0.2, 0.25) is 0 Å². The maximum absolute atomic E-state index is 9.21. The number of aliphatic hydroxyl groups excluding tert-OH is 1. The Hall–Kier alpha value is -0.120. The number of hydrogen-bond donors (Lipinski definition) is 2. The van der Waals surface area contributed by atoms with E-state index in [1.165, 1.54) is 0 Å². The summed E-state index contributed by atoms with van der Waals surface area (Å²) in [5.41, 5.74) is 0. The fourth-order valence-electron chi connectivity index (χ4n) is 1.79. The molecular formula is C11H23NO2. The SMILES string of the molecule is CCC(C)C(CO)NCC1CCOC1. The van der Waals surface area contributed by atoms with Gasteiger partial charge in [0.25, 0.3) is 0 Å². The number of hydrogen-bond acceptors (Lipinski definition) is 3. The highest BCUT2D eigenvalue weighted by atomic mass is 16.5. The van der Waals surface area contributed by atoms with Crippen molar-refractivity contribution in [3.05, 3.63) is 0 Å². The Morgan fingerprint density at radius 1 is 1.57 bits per heavy atom. The van der Waals surface area contributed by atoms with Crippen molar-refractivity contribution in [2.45, 2.75) is 32.7 Å². The van der Waals surface area contributed by atoms with Crippen molar-refractivity contribution in [2.24, 2.45) is 11.8 Å². The predicted molar refractivity (Wildman–Crippen MR) is 57.3 cm³/mol. The van der Waals surface area contributed by atoms with E-state index in [4.69, 9.17) is 4.74 Å². The van der Waals surface area contributed by atoms with E-state index in [0.29, 0.717) is 11.8 Å². The van der Waals surface area contributed by atoms with Gasteiger partial charge in [-0.15, -0.1) is 0 Å². The van der Waals surface area contributed by atoms with Crippen LogP contribution in [-0.4, -0.2) is 37.5 Å². The van der Waals surface area contributed by atoms with E-state index in [-0.39, 0.29) is 12.6 Å². The molecule has 2 N–H and O–H groups in total. The van der Waals surface area contributed by atoms with Crippen molar-refractivity contribution < 1.29 is 9.84 Å². The average molecular weight is 201 g/mol. The minimum absolute atomic E-state index is 0.239. The number of ether oxygens (including phenoxy) is 1. The maximum atomic E-state index is 9.21. The number of rotatable bonds is 6. The van der Waals surface area contributed by atoms with Gasteiger partial charge in [-0.1, -0.05) is 20.3 Å². The Kier molecular flexibility index (Phi) is 5.45. The van der Waals surface area contributed by atoms with Gasteiger partial charge in [0, 0.05) is 19.2 Å². The molecule has 3 heteroatoms. The Morgan fingerprint density at radius 2 is 2.36 bits per heavy atom. The van der Waals surface area contributed by atoms with Crippen LogP contribution in [0, 0.1) is 11.8 Å². The highest BCUT2D eigenvalue weighted by Crippen LogP contribution is 2.13. The lowest BCUT2D eigenvalue weighted by Crippen LogP contribution is -2.40. The van der Waals surface area contributed by atoms with Gasteiger partial charge in [-0.25, -0.2) is 0 Å². The fourth-order valence-corrected chi connectivity index (χ4v) is 1.79. The first kappa shape index (κ1) is 12.0. The molecule has 0 aromatic rings. The van der Waals surface area contributed by atoms with Gasteiger partial charge in [0.15, 0.2) is 0 Å². The van der Waals surface area contributed by atoms with Crippen molar-refractivity contribution in [1.82, 2.24) is 5.32 Å². The maximum Gasteiger partial charge on any atom is 0.0587 e. The molecule has 84 valence electrons. The van der Waals surface area contributed by atoms with E-state index >= 15 is 0 Å². The van der Waals surface area contributed by atoms with Crippen LogP contribution in [0.25, 0.3) is 0 Å². The summed E-state index contributed by atoms with van der Waals surface area (Å²) in [6, 6.07) is 0.251. The molecule has 0 saturated carbocycles. The minimum atomic E-state index is 0.239. The third-order valence-corrected chi connectivity index (χ3v) is 3.22. The van der Waals surface area contributed by atoms with Crippen molar-refractivity contribution >= 4 is 0 Å². The summed E-state index contributed by atoms with van der Waals surface area (Å²) >= 11 is 0. The van der Waals surface area contributed by atoms with Crippen molar-refractivity contribution in [2.75, 3.05) is 26.4 Å². The molecule has 1 saturated heterocycles. The first-order chi connectivity index (χ1) is 6.77. The summed E-state index contributed by atoms with van der Waals surface area (Å²) in [6.45, 7) is 7.34. The second-order valence-electron chi connectivity index (χ2n) is 4.31. The zero-order valence-corrected chi connectivity index (χ0v) is 9.33. The minimum Gasteiger partial charge on any atom is -0.395 e. The van der Waals surface area contributed by atoms with Gasteiger partial charge in [-0.2, -0.15) is 0 Å². The van der Waals surface area contributed by atoms with Crippen LogP contribution < -0.4 is 5.32 Å². The third kappa shape index (κ3) is 3.56. The smallest absolute Gasteiger partial charge is 0.0587 e. The van der Waals surface area contributed by atoms with Crippen molar-refractivity contribution in [1.29, 1.82) is 0 Å². The van der Waals surface area contributed by atoms with Crippen molar-refractivity contribution in [3.63, 3.8) is 0 Å². The van der Waals surface area contributed by atoms with Gasteiger partial charge in [0.2, 0.25) is 0 Å². The number of nitrogens with one attached hydrogen (secondary N) is 1. The summed E-state index contributed by atoms with van der Waals surface area (Å²) in [7, 11) is 0. The molecule has 3 unspecified atom stereocenters. The second-order valence-corrected chi connectivity index (χ2v) is 4.31. The van der Waals surface area contributed by atoms with Crippen LogP contribution in [0.3, 0.4) is 0 Å². The predicted octanol–water partition coefficient (Wildman–Crippen LogP) is 1.02. The van der Waals surface area contributed by atoms with Crippen LogP contribution in [0.15, 0.2) is 0 Å². The van der Waals surface area contributed by atoms with E-state index in [0.717, 1.165) is 32.6 Å². The highest BCUT2D eigenvalue weighted by Gasteiger charge is 2.19. The highest BCUT2D eigenvalue weighted by molar-refractivity contribution is 4.75. The van der Waals surface area contributed by atoms with Gasteiger partial charge in [0.1, 0.15) is 0 Å². The molecule has 0 radical (unpaired) electrons. The van der Waals surface area contributed by atoms with Gasteiger partial charge in [0.05, 0.1) is 13.2 Å². The summed E-state index contributed by atoms with van der Waals surface area (Å²) in [5.74, 6) is 1.19. The van der Waals surface area contributed by atoms with Crippen LogP contribution in [0.4, 0.5) is 0 Å². The molecule has 0 amide bonds. The van der Waals surface area contributed by atoms with Crippen LogP contribution in [0.5, 0.6) is 0 Å². The molecule has 0 aliphatic carbocycles. The van der Waals surface area contributed by atoms with Crippen molar-refractivity contribution in [3.8, 4) is 0 Å². The molecule has 0 aromatic heterocycles. The van der Waals surface area contributed by atoms with Crippen LogP contribution in [-0.2, 0) is 4.74 Å². The monoisotopic (exact) mass is 201 g/mol. The molecule has 1 fully saturated rings. The lowest BCUT2D eigenvalue weighted by atomic mass is 9.99. The molecule has 1 aliphatic rings. The molecule has 1 aliphatic heterocycles. The largest absolute Gasteiger partial charge is 0.395 e. The van der Waals surface area contributed by atoms with Gasteiger partial charge in [-0.3, -0.25) is 0 Å². The van der Waals surface area contributed by atoms with E-state index in [9.17, 15) is 5.11 Å². The van der Waals surface area contributed by atoms with E-state index in [2.05, 4.69) is 19.2 Å². The zero-order valence-electron chi connectivity index (χ0n) is 9.33. The van der Waals surface area contributed by atoms with Crippen LogP contribution in [0.1, 0.15) is 26.7 Å². The van der Waals surface area contributed by atoms with E-state index in [1.807, 2.05) is 0 Å². The zero-order chi connectivity index (χ0) is 10.4. The van der Waals surface area contributed by atoms with Gasteiger partial charge < -0.3 is 15.2 Å². The number of aliphatic hydroxyl groups is 1. The fraction of sp³-hybridized carbons (Fsp3) is 1.00.